The van der Waals surface area contributed by atoms with Gasteiger partial charge < -0.3 is 25.4 Å². The topological polar surface area (TPSA) is 93.9 Å². The van der Waals surface area contributed by atoms with Gasteiger partial charge >= 0.3 is 0 Å². The van der Waals surface area contributed by atoms with Gasteiger partial charge in [0.15, 0.2) is 0 Å². The average Bonchev–Trinajstić information content (AvgIpc) is 2.39. The third-order valence-electron chi connectivity index (χ3n) is 2.32. The summed E-state index contributed by atoms with van der Waals surface area (Å²) in [5, 5.41) is 2.45. The van der Waals surface area contributed by atoms with E-state index < -0.39 is 0 Å². The molecule has 0 aromatic heterocycles. The van der Waals surface area contributed by atoms with Gasteiger partial charge in [0.05, 0.1) is 19.7 Å². The molecule has 0 heterocycles. The van der Waals surface area contributed by atoms with Crippen LogP contribution >= 0.6 is 0 Å². The van der Waals surface area contributed by atoms with E-state index in [2.05, 4.69) is 5.32 Å². The summed E-state index contributed by atoms with van der Waals surface area (Å²) in [6.45, 7) is 1.98. The molecule has 0 rings (SSSR count). The van der Waals surface area contributed by atoms with Gasteiger partial charge in [-0.15, -0.1) is 0 Å². The Morgan fingerprint density at radius 2 is 1.83 bits per heavy atom. The minimum absolute atomic E-state index is 0.0350. The van der Waals surface area contributed by atoms with Crippen LogP contribution in [0.2, 0.25) is 0 Å². The summed E-state index contributed by atoms with van der Waals surface area (Å²) in [4.78, 5) is 24.4. The third kappa shape index (κ3) is 7.99. The van der Waals surface area contributed by atoms with Crippen molar-refractivity contribution < 1.29 is 19.1 Å². The van der Waals surface area contributed by atoms with Gasteiger partial charge in [-0.25, -0.2) is 0 Å². The molecule has 0 aromatic carbocycles. The molecule has 3 N–H and O–H groups in total. The molecule has 0 aliphatic carbocycles. The van der Waals surface area contributed by atoms with Crippen LogP contribution in [0.3, 0.4) is 0 Å². The maximum absolute atomic E-state index is 11.8. The van der Waals surface area contributed by atoms with Crippen LogP contribution in [0.5, 0.6) is 0 Å². The minimum Gasteiger partial charge on any atom is -0.385 e. The van der Waals surface area contributed by atoms with Gasteiger partial charge in [-0.1, -0.05) is 0 Å². The normalized spacial score (nSPS) is 10.2. The summed E-state index contributed by atoms with van der Waals surface area (Å²) in [7, 11) is 3.19. The fraction of sp³-hybridized carbons (Fsp3) is 0.818. The number of hydrogen-bond donors (Lipinski definition) is 2. The quantitative estimate of drug-likeness (QED) is 0.470. The lowest BCUT2D eigenvalue weighted by Gasteiger charge is -2.22. The predicted octanol–water partition coefficient (Wildman–Crippen LogP) is -1.43. The second kappa shape index (κ2) is 10.9. The predicted molar refractivity (Wildman–Crippen MR) is 67.0 cm³/mol. The smallest absolute Gasteiger partial charge is 0.242 e. The molecule has 2 amide bonds. The van der Waals surface area contributed by atoms with E-state index in [0.717, 1.165) is 6.42 Å². The Hall–Kier alpha value is -1.18. The number of nitrogens with one attached hydrogen (secondary N) is 1. The van der Waals surface area contributed by atoms with Gasteiger partial charge in [0, 0.05) is 33.9 Å². The summed E-state index contributed by atoms with van der Waals surface area (Å²) in [5.41, 5.74) is 5.14. The first kappa shape index (κ1) is 16.8. The number of carbonyl (C=O) groups excluding carboxylic acids is 2. The molecule has 7 heteroatoms. The fourth-order valence-corrected chi connectivity index (χ4v) is 1.32. The Morgan fingerprint density at radius 1 is 1.17 bits per heavy atom. The van der Waals surface area contributed by atoms with Crippen molar-refractivity contribution in [1.82, 2.24) is 10.2 Å². The summed E-state index contributed by atoms with van der Waals surface area (Å²) in [6.07, 6.45) is 0.747. The van der Waals surface area contributed by atoms with Gasteiger partial charge in [-0.3, -0.25) is 9.59 Å². The van der Waals surface area contributed by atoms with Crippen molar-refractivity contribution >= 4 is 11.8 Å². The summed E-state index contributed by atoms with van der Waals surface area (Å²) >= 11 is 0. The Balaban J connectivity index is 4.08. The van der Waals surface area contributed by atoms with Crippen molar-refractivity contribution in [2.75, 3.05) is 53.6 Å². The zero-order valence-corrected chi connectivity index (χ0v) is 11.1. The molecule has 0 saturated heterocycles. The number of methoxy groups -OCH3 is 2. The fourth-order valence-electron chi connectivity index (χ4n) is 1.32. The molecule has 106 valence electrons. The Kier molecular flexibility index (Phi) is 10.2. The lowest BCUT2D eigenvalue weighted by molar-refractivity contribution is -0.133. The molecule has 0 bridgehead atoms. The van der Waals surface area contributed by atoms with Crippen molar-refractivity contribution in [1.29, 1.82) is 0 Å². The third-order valence-corrected chi connectivity index (χ3v) is 2.32. The highest BCUT2D eigenvalue weighted by Crippen LogP contribution is 1.94. The first-order valence-electron chi connectivity index (χ1n) is 5.88. The van der Waals surface area contributed by atoms with E-state index >= 15 is 0 Å². The molecule has 0 aromatic rings. The van der Waals surface area contributed by atoms with Crippen molar-refractivity contribution in [3.8, 4) is 0 Å². The number of rotatable bonds is 10. The highest BCUT2D eigenvalue weighted by molar-refractivity contribution is 5.85. The lowest BCUT2D eigenvalue weighted by atomic mass is 10.3. The van der Waals surface area contributed by atoms with E-state index in [-0.39, 0.29) is 24.9 Å². The Labute approximate surface area is 108 Å². The monoisotopic (exact) mass is 261 g/mol. The minimum atomic E-state index is -0.341. The molecular formula is C11H23N3O4. The number of nitrogens with zero attached hydrogens (tertiary/aromatic N) is 1. The number of nitrogens with two attached hydrogens (primary N) is 1. The van der Waals surface area contributed by atoms with Crippen LogP contribution in [-0.2, 0) is 19.1 Å². The molecule has 18 heavy (non-hydrogen) atoms. The molecule has 0 radical (unpaired) electrons. The molecule has 0 aliphatic rings. The van der Waals surface area contributed by atoms with Crippen LogP contribution < -0.4 is 11.1 Å². The molecule has 0 aliphatic heterocycles. The van der Waals surface area contributed by atoms with Gasteiger partial charge in [-0.05, 0) is 6.42 Å². The molecule has 0 spiro atoms. The van der Waals surface area contributed by atoms with Gasteiger partial charge in [0.2, 0.25) is 11.8 Å². The zero-order chi connectivity index (χ0) is 13.8. The maximum atomic E-state index is 11.8. The van der Waals surface area contributed by atoms with Crippen molar-refractivity contribution in [2.45, 2.75) is 6.42 Å². The van der Waals surface area contributed by atoms with E-state index in [1.54, 1.807) is 19.1 Å². The molecule has 7 nitrogen and oxygen atoms in total. The lowest BCUT2D eigenvalue weighted by Crippen LogP contribution is -2.43. The molecule has 0 saturated carbocycles. The Bertz CT molecular complexity index is 248. The van der Waals surface area contributed by atoms with Crippen LogP contribution in [0, 0.1) is 0 Å². The van der Waals surface area contributed by atoms with E-state index in [0.29, 0.717) is 26.3 Å². The van der Waals surface area contributed by atoms with E-state index in [1.807, 2.05) is 0 Å². The van der Waals surface area contributed by atoms with Gasteiger partial charge in [0.25, 0.3) is 0 Å². The first-order valence-corrected chi connectivity index (χ1v) is 5.88. The average molecular weight is 261 g/mol. The second-order valence-corrected chi connectivity index (χ2v) is 3.70. The standard InChI is InChI=1S/C11H23N3O4/c1-17-6-3-4-14(5-7-18-2)11(16)9-13-10(15)8-12/h3-9,12H2,1-2H3,(H,13,15). The van der Waals surface area contributed by atoms with Crippen molar-refractivity contribution in [3.63, 3.8) is 0 Å². The number of hydrogen-bond acceptors (Lipinski definition) is 5. The molecule has 0 atom stereocenters. The summed E-state index contributed by atoms with van der Waals surface area (Å²) in [5.74, 6) is -0.489. The molecule has 0 fully saturated rings. The molecule has 0 unspecified atom stereocenters. The number of ether oxygens (including phenoxy) is 2. The van der Waals surface area contributed by atoms with Gasteiger partial charge in [0.1, 0.15) is 0 Å². The summed E-state index contributed by atoms with van der Waals surface area (Å²) < 4.78 is 9.88. The van der Waals surface area contributed by atoms with Crippen LogP contribution in [0.4, 0.5) is 0 Å². The van der Waals surface area contributed by atoms with Gasteiger partial charge in [-0.2, -0.15) is 0 Å². The number of amides is 2. The van der Waals surface area contributed by atoms with Crippen LogP contribution in [-0.4, -0.2) is 70.3 Å². The van der Waals surface area contributed by atoms with Crippen LogP contribution in [0.25, 0.3) is 0 Å². The second-order valence-electron chi connectivity index (χ2n) is 3.70. The largest absolute Gasteiger partial charge is 0.385 e. The maximum Gasteiger partial charge on any atom is 0.242 e. The highest BCUT2D eigenvalue weighted by atomic mass is 16.5. The first-order chi connectivity index (χ1) is 8.65. The zero-order valence-electron chi connectivity index (χ0n) is 11.1. The highest BCUT2D eigenvalue weighted by Gasteiger charge is 2.13. The van der Waals surface area contributed by atoms with E-state index in [1.165, 1.54) is 0 Å². The number of carbonyl (C=O) groups is 2. The van der Waals surface area contributed by atoms with Crippen molar-refractivity contribution in [2.24, 2.45) is 5.73 Å². The Morgan fingerprint density at radius 3 is 2.39 bits per heavy atom. The SMILES string of the molecule is COCCCN(CCOC)C(=O)CNC(=O)CN. The van der Waals surface area contributed by atoms with Crippen molar-refractivity contribution in [3.05, 3.63) is 0 Å². The molecular weight excluding hydrogens is 238 g/mol. The van der Waals surface area contributed by atoms with E-state index in [4.69, 9.17) is 15.2 Å². The van der Waals surface area contributed by atoms with E-state index in [9.17, 15) is 9.59 Å². The van der Waals surface area contributed by atoms with Crippen LogP contribution in [0.1, 0.15) is 6.42 Å². The van der Waals surface area contributed by atoms with Crippen LogP contribution in [0.15, 0.2) is 0 Å². The summed E-state index contributed by atoms with van der Waals surface area (Å²) in [6, 6.07) is 0.